The zero-order chi connectivity index (χ0) is 13.9. The molecule has 0 amide bonds. The van der Waals surface area contributed by atoms with E-state index in [9.17, 15) is 4.39 Å². The number of nitrogens with one attached hydrogen (secondary N) is 1. The molecule has 0 saturated carbocycles. The van der Waals surface area contributed by atoms with Gasteiger partial charge in [-0.15, -0.1) is 6.58 Å². The average molecular weight is 267 g/mol. The highest BCUT2D eigenvalue weighted by Crippen LogP contribution is 2.16. The van der Waals surface area contributed by atoms with E-state index < -0.39 is 0 Å². The van der Waals surface area contributed by atoms with Crippen LogP contribution in [0.4, 0.5) is 4.39 Å². The van der Waals surface area contributed by atoms with Crippen LogP contribution in [0.3, 0.4) is 0 Å². The molecule has 0 radical (unpaired) electrons. The quantitative estimate of drug-likeness (QED) is 0.522. The molecule has 0 aromatic heterocycles. The minimum atomic E-state index is -0.273. The maximum absolute atomic E-state index is 13.4. The van der Waals surface area contributed by atoms with Crippen molar-refractivity contribution in [1.29, 1.82) is 0 Å². The maximum atomic E-state index is 13.4. The van der Waals surface area contributed by atoms with Gasteiger partial charge in [0.1, 0.15) is 11.6 Å². The Morgan fingerprint density at radius 1 is 1.32 bits per heavy atom. The van der Waals surface area contributed by atoms with E-state index >= 15 is 0 Å². The molecule has 0 heterocycles. The van der Waals surface area contributed by atoms with Gasteiger partial charge in [-0.25, -0.2) is 4.39 Å². The first-order valence-corrected chi connectivity index (χ1v) is 6.49. The SMILES string of the molecule is C=CCCCOc1cc(F)cc(CNCCOC)c1. The van der Waals surface area contributed by atoms with E-state index in [0.29, 0.717) is 25.5 Å². The van der Waals surface area contributed by atoms with Crippen LogP contribution in [0.1, 0.15) is 18.4 Å². The Labute approximate surface area is 114 Å². The van der Waals surface area contributed by atoms with Crippen LogP contribution in [0.2, 0.25) is 0 Å². The summed E-state index contributed by atoms with van der Waals surface area (Å²) in [5.41, 5.74) is 0.870. The van der Waals surface area contributed by atoms with Crippen molar-refractivity contribution in [2.24, 2.45) is 0 Å². The molecule has 1 N–H and O–H groups in total. The summed E-state index contributed by atoms with van der Waals surface area (Å²) in [7, 11) is 1.65. The van der Waals surface area contributed by atoms with Gasteiger partial charge in [-0.2, -0.15) is 0 Å². The standard InChI is InChI=1S/C15H22FNO2/c1-3-4-5-7-19-15-10-13(9-14(16)11-15)12-17-6-8-18-2/h3,9-11,17H,1,4-8,12H2,2H3. The minimum absolute atomic E-state index is 0.273. The lowest BCUT2D eigenvalue weighted by molar-refractivity contribution is 0.199. The topological polar surface area (TPSA) is 30.5 Å². The van der Waals surface area contributed by atoms with Crippen molar-refractivity contribution in [2.75, 3.05) is 26.9 Å². The van der Waals surface area contributed by atoms with E-state index in [1.165, 1.54) is 12.1 Å². The maximum Gasteiger partial charge on any atom is 0.127 e. The minimum Gasteiger partial charge on any atom is -0.493 e. The van der Waals surface area contributed by atoms with Crippen LogP contribution < -0.4 is 10.1 Å². The number of allylic oxidation sites excluding steroid dienone is 1. The molecular weight excluding hydrogens is 245 g/mol. The van der Waals surface area contributed by atoms with Crippen molar-refractivity contribution in [3.63, 3.8) is 0 Å². The molecule has 0 unspecified atom stereocenters. The van der Waals surface area contributed by atoms with Gasteiger partial charge in [-0.1, -0.05) is 6.08 Å². The largest absolute Gasteiger partial charge is 0.493 e. The monoisotopic (exact) mass is 267 g/mol. The third kappa shape index (κ3) is 6.94. The number of hydrogen-bond donors (Lipinski definition) is 1. The van der Waals surface area contributed by atoms with Crippen LogP contribution in [0.15, 0.2) is 30.9 Å². The fourth-order valence-electron chi connectivity index (χ4n) is 1.63. The summed E-state index contributed by atoms with van der Waals surface area (Å²) in [6.45, 7) is 6.20. The molecule has 0 saturated heterocycles. The summed E-state index contributed by atoms with van der Waals surface area (Å²) in [6.07, 6.45) is 3.64. The molecule has 19 heavy (non-hydrogen) atoms. The van der Waals surface area contributed by atoms with Crippen molar-refractivity contribution >= 4 is 0 Å². The Balaban J connectivity index is 2.43. The van der Waals surface area contributed by atoms with Crippen molar-refractivity contribution in [3.8, 4) is 5.75 Å². The van der Waals surface area contributed by atoms with Crippen LogP contribution in [0, 0.1) is 5.82 Å². The number of benzene rings is 1. The fourth-order valence-corrected chi connectivity index (χ4v) is 1.63. The lowest BCUT2D eigenvalue weighted by atomic mass is 10.2. The van der Waals surface area contributed by atoms with Crippen molar-refractivity contribution < 1.29 is 13.9 Å². The summed E-state index contributed by atoms with van der Waals surface area (Å²) < 4.78 is 23.9. The lowest BCUT2D eigenvalue weighted by Gasteiger charge is -2.09. The predicted octanol–water partition coefficient (Wildman–Crippen LogP) is 2.91. The van der Waals surface area contributed by atoms with E-state index in [4.69, 9.17) is 9.47 Å². The van der Waals surface area contributed by atoms with E-state index in [-0.39, 0.29) is 5.82 Å². The molecule has 106 valence electrons. The highest BCUT2D eigenvalue weighted by Gasteiger charge is 2.02. The van der Waals surface area contributed by atoms with E-state index in [1.807, 2.05) is 12.1 Å². The normalized spacial score (nSPS) is 10.4. The Bertz CT molecular complexity index is 382. The van der Waals surface area contributed by atoms with Gasteiger partial charge in [0.2, 0.25) is 0 Å². The summed E-state index contributed by atoms with van der Waals surface area (Å²) in [5, 5.41) is 3.17. The van der Waals surface area contributed by atoms with E-state index in [2.05, 4.69) is 11.9 Å². The molecule has 0 aliphatic heterocycles. The first-order chi connectivity index (χ1) is 9.26. The van der Waals surface area contributed by atoms with Gasteiger partial charge in [0.25, 0.3) is 0 Å². The molecular formula is C15H22FNO2. The van der Waals surface area contributed by atoms with Gasteiger partial charge in [0, 0.05) is 26.3 Å². The molecule has 0 bridgehead atoms. The van der Waals surface area contributed by atoms with Crippen molar-refractivity contribution in [2.45, 2.75) is 19.4 Å². The molecule has 1 aromatic carbocycles. The van der Waals surface area contributed by atoms with Gasteiger partial charge in [0.15, 0.2) is 0 Å². The van der Waals surface area contributed by atoms with Crippen LogP contribution in [-0.4, -0.2) is 26.9 Å². The van der Waals surface area contributed by atoms with Crippen LogP contribution in [0.5, 0.6) is 5.75 Å². The Morgan fingerprint density at radius 2 is 2.16 bits per heavy atom. The van der Waals surface area contributed by atoms with Gasteiger partial charge in [0.05, 0.1) is 13.2 Å². The highest BCUT2D eigenvalue weighted by molar-refractivity contribution is 5.29. The Hall–Kier alpha value is -1.39. The van der Waals surface area contributed by atoms with Crippen molar-refractivity contribution in [1.82, 2.24) is 5.32 Å². The second-order valence-electron chi connectivity index (χ2n) is 4.24. The smallest absolute Gasteiger partial charge is 0.127 e. The number of hydrogen-bond acceptors (Lipinski definition) is 3. The van der Waals surface area contributed by atoms with Gasteiger partial charge < -0.3 is 14.8 Å². The summed E-state index contributed by atoms with van der Waals surface area (Å²) in [5.74, 6) is 0.303. The first kappa shape index (κ1) is 15.7. The molecule has 0 aliphatic rings. The van der Waals surface area contributed by atoms with Crippen molar-refractivity contribution in [3.05, 3.63) is 42.2 Å². The molecule has 0 fully saturated rings. The molecule has 1 aromatic rings. The zero-order valence-corrected chi connectivity index (χ0v) is 11.5. The van der Waals surface area contributed by atoms with Crippen LogP contribution >= 0.6 is 0 Å². The highest BCUT2D eigenvalue weighted by atomic mass is 19.1. The molecule has 1 rings (SSSR count). The van der Waals surface area contributed by atoms with Gasteiger partial charge in [-0.05, 0) is 30.5 Å². The molecule has 0 spiro atoms. The van der Waals surface area contributed by atoms with Crippen LogP contribution in [-0.2, 0) is 11.3 Å². The molecule has 0 aliphatic carbocycles. The van der Waals surface area contributed by atoms with E-state index in [1.54, 1.807) is 7.11 Å². The second kappa shape index (κ2) is 9.53. The molecule has 4 heteroatoms. The number of unbranched alkanes of at least 4 members (excludes halogenated alkanes) is 1. The number of methoxy groups -OCH3 is 1. The van der Waals surface area contributed by atoms with Gasteiger partial charge in [-0.3, -0.25) is 0 Å². The summed E-state index contributed by atoms with van der Waals surface area (Å²) in [6, 6.07) is 4.78. The summed E-state index contributed by atoms with van der Waals surface area (Å²) >= 11 is 0. The first-order valence-electron chi connectivity index (χ1n) is 6.49. The predicted molar refractivity (Wildman–Crippen MR) is 74.9 cm³/mol. The molecule has 3 nitrogen and oxygen atoms in total. The zero-order valence-electron chi connectivity index (χ0n) is 11.5. The average Bonchev–Trinajstić information content (AvgIpc) is 2.39. The lowest BCUT2D eigenvalue weighted by Crippen LogP contribution is -2.18. The third-order valence-electron chi connectivity index (χ3n) is 2.56. The summed E-state index contributed by atoms with van der Waals surface area (Å²) in [4.78, 5) is 0. The van der Waals surface area contributed by atoms with Crippen LogP contribution in [0.25, 0.3) is 0 Å². The fraction of sp³-hybridized carbons (Fsp3) is 0.467. The Kier molecular flexibility index (Phi) is 7.86. The number of ether oxygens (including phenoxy) is 2. The van der Waals surface area contributed by atoms with Gasteiger partial charge >= 0.3 is 0 Å². The third-order valence-corrected chi connectivity index (χ3v) is 2.56. The molecule has 0 atom stereocenters. The number of rotatable bonds is 10. The Morgan fingerprint density at radius 3 is 2.89 bits per heavy atom. The second-order valence-corrected chi connectivity index (χ2v) is 4.24. The van der Waals surface area contributed by atoms with E-state index in [0.717, 1.165) is 24.9 Å². The number of halogens is 1.